The van der Waals surface area contributed by atoms with E-state index in [0.29, 0.717) is 42.8 Å². The summed E-state index contributed by atoms with van der Waals surface area (Å²) in [7, 11) is -4.13. The number of aryl methyl sites for hydroxylation is 1. The van der Waals surface area contributed by atoms with Gasteiger partial charge < -0.3 is 20.0 Å². The Labute approximate surface area is 251 Å². The van der Waals surface area contributed by atoms with E-state index >= 15 is 0 Å². The second kappa shape index (κ2) is 12.0. The molecule has 10 nitrogen and oxygen atoms in total. The Morgan fingerprint density at radius 1 is 0.791 bits per heavy atom. The summed E-state index contributed by atoms with van der Waals surface area (Å²) in [6.45, 7) is 4.17. The van der Waals surface area contributed by atoms with Crippen LogP contribution in [0, 0.1) is 6.92 Å². The van der Waals surface area contributed by atoms with Gasteiger partial charge in [0.2, 0.25) is 15.9 Å². The predicted molar refractivity (Wildman–Crippen MR) is 166 cm³/mol. The van der Waals surface area contributed by atoms with E-state index in [1.165, 1.54) is 15.3 Å². The average molecular weight is 599 g/mol. The van der Waals surface area contributed by atoms with E-state index in [1.54, 1.807) is 23.2 Å². The van der Waals surface area contributed by atoms with Gasteiger partial charge in [0.1, 0.15) is 10.9 Å². The van der Waals surface area contributed by atoms with Crippen molar-refractivity contribution in [2.75, 3.05) is 56.0 Å². The van der Waals surface area contributed by atoms with Gasteiger partial charge in [0.15, 0.2) is 0 Å². The molecule has 4 aromatic rings. The van der Waals surface area contributed by atoms with Crippen molar-refractivity contribution in [3.05, 3.63) is 96.7 Å². The number of sulfonamides is 1. The van der Waals surface area contributed by atoms with Crippen LogP contribution >= 0.6 is 0 Å². The summed E-state index contributed by atoms with van der Waals surface area (Å²) >= 11 is 0. The van der Waals surface area contributed by atoms with E-state index in [1.807, 2.05) is 73.7 Å². The second-order valence-electron chi connectivity index (χ2n) is 10.9. The zero-order valence-corrected chi connectivity index (χ0v) is 24.8. The van der Waals surface area contributed by atoms with Crippen LogP contribution in [-0.2, 0) is 14.8 Å². The molecule has 2 saturated heterocycles. The molecule has 2 aliphatic heterocycles. The molecule has 0 bridgehead atoms. The van der Waals surface area contributed by atoms with Crippen LogP contribution in [0.2, 0.25) is 0 Å². The largest absolute Gasteiger partial charge is 0.368 e. The Morgan fingerprint density at radius 2 is 1.49 bits per heavy atom. The first-order valence-electron chi connectivity index (χ1n) is 14.4. The van der Waals surface area contributed by atoms with Crippen molar-refractivity contribution in [2.24, 2.45) is 0 Å². The summed E-state index contributed by atoms with van der Waals surface area (Å²) in [6.07, 6.45) is 1.56. The fourth-order valence-electron chi connectivity index (χ4n) is 5.72. The quantitative estimate of drug-likeness (QED) is 0.375. The highest BCUT2D eigenvalue weighted by atomic mass is 32.2. The van der Waals surface area contributed by atoms with Crippen molar-refractivity contribution in [3.63, 3.8) is 0 Å². The number of nitrogens with zero attached hydrogens (tertiary/aromatic N) is 5. The standard InChI is InChI=1S/C32H34N6O4S/c1-24-12-14-26(15-13-24)34-32(40)37-21-22-38(43(41,42)29-11-5-7-25-8-6-16-33-30(25)29)28(23-37)31(39)36-19-17-35(18-20-36)27-9-3-2-4-10-27/h2-16,28H,17-23H2,1H3,(H,34,40). The van der Waals surface area contributed by atoms with Crippen molar-refractivity contribution >= 4 is 44.2 Å². The lowest BCUT2D eigenvalue weighted by atomic mass is 10.1. The summed E-state index contributed by atoms with van der Waals surface area (Å²) in [5.41, 5.74) is 3.14. The van der Waals surface area contributed by atoms with Crippen molar-refractivity contribution in [2.45, 2.75) is 17.9 Å². The topological polar surface area (TPSA) is 106 Å². The SMILES string of the molecule is Cc1ccc(NC(=O)N2CCN(S(=O)(=O)c3cccc4cccnc34)C(C(=O)N3CCN(c4ccccc4)CC3)C2)cc1. The number of hydrogen-bond donors (Lipinski definition) is 1. The van der Waals surface area contributed by atoms with Gasteiger partial charge in [0, 0.05) is 68.8 Å². The minimum Gasteiger partial charge on any atom is -0.368 e. The number of piperazine rings is 2. The van der Waals surface area contributed by atoms with Crippen LogP contribution in [0.4, 0.5) is 16.2 Å². The van der Waals surface area contributed by atoms with Crippen LogP contribution in [0.3, 0.4) is 0 Å². The number of anilines is 2. The zero-order chi connectivity index (χ0) is 30.0. The third kappa shape index (κ3) is 5.91. The van der Waals surface area contributed by atoms with Crippen LogP contribution in [0.25, 0.3) is 10.9 Å². The summed E-state index contributed by atoms with van der Waals surface area (Å²) in [5, 5.41) is 3.58. The summed E-state index contributed by atoms with van der Waals surface area (Å²) in [4.78, 5) is 37.3. The van der Waals surface area contributed by atoms with Crippen molar-refractivity contribution in [1.82, 2.24) is 19.1 Å². The third-order valence-corrected chi connectivity index (χ3v) is 10.0. The van der Waals surface area contributed by atoms with Gasteiger partial charge >= 0.3 is 6.03 Å². The molecule has 6 rings (SSSR count). The van der Waals surface area contributed by atoms with Gasteiger partial charge in [0.05, 0.1) is 5.52 Å². The molecule has 3 amide bonds. The molecule has 2 aliphatic rings. The lowest BCUT2D eigenvalue weighted by Crippen LogP contribution is -2.63. The fraction of sp³-hybridized carbons (Fsp3) is 0.281. The van der Waals surface area contributed by atoms with Gasteiger partial charge in [-0.2, -0.15) is 4.31 Å². The Hall–Kier alpha value is -4.48. The molecule has 43 heavy (non-hydrogen) atoms. The number of amides is 3. The van der Waals surface area contributed by atoms with E-state index in [0.717, 1.165) is 11.3 Å². The number of para-hydroxylation sites is 2. The van der Waals surface area contributed by atoms with Gasteiger partial charge in [-0.25, -0.2) is 13.2 Å². The van der Waals surface area contributed by atoms with Gasteiger partial charge in [0.25, 0.3) is 0 Å². The molecule has 1 unspecified atom stereocenters. The maximum absolute atomic E-state index is 14.2. The number of benzene rings is 3. The van der Waals surface area contributed by atoms with E-state index < -0.39 is 16.1 Å². The number of rotatable bonds is 5. The van der Waals surface area contributed by atoms with Crippen molar-refractivity contribution in [1.29, 1.82) is 0 Å². The average Bonchev–Trinajstić information content (AvgIpc) is 3.05. The van der Waals surface area contributed by atoms with Crippen LogP contribution in [0.5, 0.6) is 0 Å². The van der Waals surface area contributed by atoms with E-state index in [-0.39, 0.29) is 36.5 Å². The number of carbonyl (C=O) groups is 2. The monoisotopic (exact) mass is 598 g/mol. The molecule has 222 valence electrons. The highest BCUT2D eigenvalue weighted by Crippen LogP contribution is 2.28. The lowest BCUT2D eigenvalue weighted by molar-refractivity contribution is -0.137. The third-order valence-electron chi connectivity index (χ3n) is 8.10. The molecule has 0 radical (unpaired) electrons. The van der Waals surface area contributed by atoms with Gasteiger partial charge in [-0.1, -0.05) is 54.1 Å². The molecular weight excluding hydrogens is 564 g/mol. The molecule has 2 fully saturated rings. The number of urea groups is 1. The van der Waals surface area contributed by atoms with Crippen LogP contribution in [0.1, 0.15) is 5.56 Å². The number of fused-ring (bicyclic) bond motifs is 1. The van der Waals surface area contributed by atoms with Gasteiger partial charge in [-0.05, 0) is 43.3 Å². The molecule has 3 aromatic carbocycles. The van der Waals surface area contributed by atoms with Crippen molar-refractivity contribution < 1.29 is 18.0 Å². The molecule has 0 spiro atoms. The first-order valence-corrected chi connectivity index (χ1v) is 15.8. The van der Waals surface area contributed by atoms with Gasteiger partial charge in [-0.15, -0.1) is 0 Å². The number of nitrogens with one attached hydrogen (secondary N) is 1. The number of aromatic nitrogens is 1. The van der Waals surface area contributed by atoms with Crippen LogP contribution < -0.4 is 10.2 Å². The maximum atomic E-state index is 14.2. The molecule has 11 heteroatoms. The number of hydrogen-bond acceptors (Lipinski definition) is 6. The first kappa shape index (κ1) is 28.6. The summed E-state index contributed by atoms with van der Waals surface area (Å²) < 4.78 is 29.7. The number of carbonyl (C=O) groups excluding carboxylic acids is 2. The smallest absolute Gasteiger partial charge is 0.321 e. The Balaban J connectivity index is 1.27. The maximum Gasteiger partial charge on any atom is 0.321 e. The lowest BCUT2D eigenvalue weighted by Gasteiger charge is -2.43. The zero-order valence-electron chi connectivity index (χ0n) is 24.0. The van der Waals surface area contributed by atoms with E-state index in [2.05, 4.69) is 15.2 Å². The molecule has 1 aromatic heterocycles. The Bertz CT molecular complexity index is 1720. The molecule has 1 N–H and O–H groups in total. The van der Waals surface area contributed by atoms with E-state index in [9.17, 15) is 18.0 Å². The van der Waals surface area contributed by atoms with Crippen LogP contribution in [-0.4, -0.2) is 91.3 Å². The molecule has 0 saturated carbocycles. The highest BCUT2D eigenvalue weighted by molar-refractivity contribution is 7.89. The summed E-state index contributed by atoms with van der Waals surface area (Å²) in [6, 6.07) is 24.6. The minimum absolute atomic E-state index is 0.0206. The number of pyridine rings is 1. The van der Waals surface area contributed by atoms with E-state index in [4.69, 9.17) is 0 Å². The second-order valence-corrected chi connectivity index (χ2v) is 12.7. The van der Waals surface area contributed by atoms with Gasteiger partial charge in [-0.3, -0.25) is 9.78 Å². The molecule has 3 heterocycles. The Morgan fingerprint density at radius 3 is 2.23 bits per heavy atom. The normalized spacial score (nSPS) is 18.1. The molecule has 0 aliphatic carbocycles. The van der Waals surface area contributed by atoms with Crippen molar-refractivity contribution in [3.8, 4) is 0 Å². The Kier molecular flexibility index (Phi) is 8.00. The summed E-state index contributed by atoms with van der Waals surface area (Å²) in [5.74, 6) is -0.308. The highest BCUT2D eigenvalue weighted by Gasteiger charge is 2.44. The van der Waals surface area contributed by atoms with Crippen LogP contribution in [0.15, 0.2) is 96.0 Å². The molecular formula is C32H34N6O4S. The predicted octanol–water partition coefficient (Wildman–Crippen LogP) is 3.80. The molecule has 1 atom stereocenters. The minimum atomic E-state index is -4.13. The fourth-order valence-corrected chi connectivity index (χ4v) is 7.46. The first-order chi connectivity index (χ1) is 20.8.